The van der Waals surface area contributed by atoms with Crippen molar-refractivity contribution in [1.29, 1.82) is 0 Å². The normalized spacial score (nSPS) is 27.2. The summed E-state index contributed by atoms with van der Waals surface area (Å²) >= 11 is 4.39. The van der Waals surface area contributed by atoms with Crippen LogP contribution in [0.3, 0.4) is 0 Å². The van der Waals surface area contributed by atoms with E-state index in [-0.39, 0.29) is 5.91 Å². The Labute approximate surface area is 84.9 Å². The van der Waals surface area contributed by atoms with Crippen molar-refractivity contribution < 1.29 is 4.79 Å². The van der Waals surface area contributed by atoms with Gasteiger partial charge in [-0.3, -0.25) is 4.79 Å². The van der Waals surface area contributed by atoms with Crippen molar-refractivity contribution in [3.8, 4) is 11.8 Å². The highest BCUT2D eigenvalue weighted by atomic mass is 32.1. The minimum atomic E-state index is -0.148. The molecule has 0 spiro atoms. The van der Waals surface area contributed by atoms with Crippen LogP contribution in [-0.4, -0.2) is 17.2 Å². The summed E-state index contributed by atoms with van der Waals surface area (Å²) in [7, 11) is 0. The Bertz CT molecular complexity index is 233. The van der Waals surface area contributed by atoms with E-state index in [2.05, 4.69) is 29.8 Å². The molecule has 0 saturated heterocycles. The lowest BCUT2D eigenvalue weighted by Gasteiger charge is -2.25. The average Bonchev–Trinajstić information content (AvgIpc) is 2.09. The Morgan fingerprint density at radius 2 is 2.00 bits per heavy atom. The largest absolute Gasteiger partial charge is 0.343 e. The maximum Gasteiger partial charge on any atom is 0.296 e. The quantitative estimate of drug-likeness (QED) is 0.482. The summed E-state index contributed by atoms with van der Waals surface area (Å²) in [5.41, 5.74) is 0. The summed E-state index contributed by atoms with van der Waals surface area (Å²) < 4.78 is 0. The number of amides is 1. The van der Waals surface area contributed by atoms with Gasteiger partial charge in [-0.1, -0.05) is 5.92 Å². The first-order chi connectivity index (χ1) is 6.22. The van der Waals surface area contributed by atoms with Crippen molar-refractivity contribution in [2.24, 2.45) is 0 Å². The third kappa shape index (κ3) is 3.73. The van der Waals surface area contributed by atoms with Gasteiger partial charge in [0.1, 0.15) is 0 Å². The molecule has 0 aromatic rings. The van der Waals surface area contributed by atoms with Crippen molar-refractivity contribution in [2.75, 3.05) is 0 Å². The molecule has 13 heavy (non-hydrogen) atoms. The Hall–Kier alpha value is -0.620. The van der Waals surface area contributed by atoms with E-state index in [4.69, 9.17) is 0 Å². The molecule has 72 valence electrons. The van der Waals surface area contributed by atoms with Gasteiger partial charge in [0.15, 0.2) is 0 Å². The van der Waals surface area contributed by atoms with Crippen molar-refractivity contribution >= 4 is 18.5 Å². The third-order valence-corrected chi connectivity index (χ3v) is 2.79. The van der Waals surface area contributed by atoms with E-state index in [0.717, 1.165) is 25.7 Å². The molecule has 3 heteroatoms. The van der Waals surface area contributed by atoms with Crippen LogP contribution in [0.1, 0.15) is 32.6 Å². The third-order valence-electron chi connectivity index (χ3n) is 2.27. The molecule has 1 fully saturated rings. The van der Waals surface area contributed by atoms with Gasteiger partial charge in [-0.15, -0.1) is 0 Å². The molecule has 1 amide bonds. The summed E-state index contributed by atoms with van der Waals surface area (Å²) in [5, 5.41) is 3.41. The Kier molecular flexibility index (Phi) is 4.17. The fourth-order valence-electron chi connectivity index (χ4n) is 1.56. The van der Waals surface area contributed by atoms with Gasteiger partial charge in [-0.05, 0) is 38.5 Å². The van der Waals surface area contributed by atoms with Crippen molar-refractivity contribution in [2.45, 2.75) is 43.9 Å². The molecular weight excluding hydrogens is 182 g/mol. The fourth-order valence-corrected chi connectivity index (χ4v) is 1.85. The smallest absolute Gasteiger partial charge is 0.296 e. The first-order valence-corrected chi connectivity index (χ1v) is 5.15. The van der Waals surface area contributed by atoms with Crippen LogP contribution in [0.15, 0.2) is 0 Å². The first kappa shape index (κ1) is 10.5. The lowest BCUT2D eigenvalue weighted by Crippen LogP contribution is -2.37. The van der Waals surface area contributed by atoms with Gasteiger partial charge in [0, 0.05) is 11.3 Å². The molecule has 2 nitrogen and oxygen atoms in total. The van der Waals surface area contributed by atoms with Gasteiger partial charge < -0.3 is 5.32 Å². The highest BCUT2D eigenvalue weighted by molar-refractivity contribution is 7.80. The molecule has 0 heterocycles. The van der Waals surface area contributed by atoms with Gasteiger partial charge in [-0.2, -0.15) is 12.6 Å². The van der Waals surface area contributed by atoms with Crippen LogP contribution in [0.5, 0.6) is 0 Å². The van der Waals surface area contributed by atoms with Gasteiger partial charge >= 0.3 is 0 Å². The van der Waals surface area contributed by atoms with E-state index >= 15 is 0 Å². The highest BCUT2D eigenvalue weighted by Gasteiger charge is 2.19. The van der Waals surface area contributed by atoms with Crippen LogP contribution in [0, 0.1) is 11.8 Å². The molecule has 1 N–H and O–H groups in total. The molecule has 0 atom stereocenters. The molecule has 0 aromatic carbocycles. The SMILES string of the molecule is CC#CC(=O)NC1CCC(S)CC1. The molecule has 1 rings (SSSR count). The molecular formula is C10H15NOS. The lowest BCUT2D eigenvalue weighted by atomic mass is 9.95. The summed E-state index contributed by atoms with van der Waals surface area (Å²) in [5.74, 6) is 4.93. The topological polar surface area (TPSA) is 29.1 Å². The summed E-state index contributed by atoms with van der Waals surface area (Å²) in [6.45, 7) is 1.67. The van der Waals surface area contributed by atoms with Crippen molar-refractivity contribution in [3.63, 3.8) is 0 Å². The monoisotopic (exact) mass is 197 g/mol. The van der Waals surface area contributed by atoms with Gasteiger partial charge in [-0.25, -0.2) is 0 Å². The molecule has 1 aliphatic rings. The maximum atomic E-state index is 11.1. The first-order valence-electron chi connectivity index (χ1n) is 4.63. The summed E-state index contributed by atoms with van der Waals surface area (Å²) in [6, 6.07) is 0.316. The predicted octanol–water partition coefficient (Wildman–Crippen LogP) is 1.37. The van der Waals surface area contributed by atoms with Crippen molar-refractivity contribution in [1.82, 2.24) is 5.32 Å². The number of thiol groups is 1. The van der Waals surface area contributed by atoms with Gasteiger partial charge in [0.05, 0.1) is 0 Å². The lowest BCUT2D eigenvalue weighted by molar-refractivity contribution is -0.116. The Balaban J connectivity index is 2.29. The average molecular weight is 197 g/mol. The number of hydrogen-bond donors (Lipinski definition) is 2. The van der Waals surface area contributed by atoms with E-state index in [9.17, 15) is 4.79 Å². The van der Waals surface area contributed by atoms with Gasteiger partial charge in [0.2, 0.25) is 0 Å². The van der Waals surface area contributed by atoms with Crippen molar-refractivity contribution in [3.05, 3.63) is 0 Å². The molecule has 0 radical (unpaired) electrons. The summed E-state index contributed by atoms with van der Waals surface area (Å²) in [6.07, 6.45) is 4.25. The number of rotatable bonds is 1. The van der Waals surface area contributed by atoms with Crippen LogP contribution >= 0.6 is 12.6 Å². The zero-order valence-electron chi connectivity index (χ0n) is 7.84. The zero-order chi connectivity index (χ0) is 9.68. The molecule has 0 bridgehead atoms. The Morgan fingerprint density at radius 3 is 2.54 bits per heavy atom. The van der Waals surface area contributed by atoms with E-state index in [0.29, 0.717) is 11.3 Å². The van der Waals surface area contributed by atoms with Crippen LogP contribution in [0.2, 0.25) is 0 Å². The second-order valence-corrected chi connectivity index (χ2v) is 4.08. The van der Waals surface area contributed by atoms with Crippen LogP contribution in [0.4, 0.5) is 0 Å². The van der Waals surface area contributed by atoms with E-state index in [1.165, 1.54) is 0 Å². The highest BCUT2D eigenvalue weighted by Crippen LogP contribution is 2.22. The number of carbonyl (C=O) groups is 1. The van der Waals surface area contributed by atoms with E-state index in [1.54, 1.807) is 6.92 Å². The number of nitrogens with one attached hydrogen (secondary N) is 1. The Morgan fingerprint density at radius 1 is 1.38 bits per heavy atom. The van der Waals surface area contributed by atoms with Crippen LogP contribution < -0.4 is 5.32 Å². The van der Waals surface area contributed by atoms with E-state index in [1.807, 2.05) is 0 Å². The fraction of sp³-hybridized carbons (Fsp3) is 0.700. The standard InChI is InChI=1S/C10H15NOS/c1-2-3-10(12)11-8-4-6-9(13)7-5-8/h8-9,13H,4-7H2,1H3,(H,11,12). The number of hydrogen-bond acceptors (Lipinski definition) is 2. The molecule has 0 unspecified atom stereocenters. The predicted molar refractivity (Wildman–Crippen MR) is 56.6 cm³/mol. The van der Waals surface area contributed by atoms with Gasteiger partial charge in [0.25, 0.3) is 5.91 Å². The van der Waals surface area contributed by atoms with Crippen LogP contribution in [0.25, 0.3) is 0 Å². The summed E-state index contributed by atoms with van der Waals surface area (Å²) in [4.78, 5) is 11.1. The van der Waals surface area contributed by atoms with Crippen LogP contribution in [-0.2, 0) is 4.79 Å². The maximum absolute atomic E-state index is 11.1. The molecule has 1 aliphatic carbocycles. The second-order valence-electron chi connectivity index (χ2n) is 3.35. The minimum Gasteiger partial charge on any atom is -0.343 e. The second kappa shape index (κ2) is 5.18. The molecule has 0 aliphatic heterocycles. The molecule has 1 saturated carbocycles. The zero-order valence-corrected chi connectivity index (χ0v) is 8.73. The molecule has 0 aromatic heterocycles. The number of carbonyl (C=O) groups excluding carboxylic acids is 1. The minimum absolute atomic E-state index is 0.148. The van der Waals surface area contributed by atoms with E-state index < -0.39 is 0 Å².